The van der Waals surface area contributed by atoms with E-state index in [4.69, 9.17) is 22.7 Å². The van der Waals surface area contributed by atoms with E-state index in [2.05, 4.69) is 21.4 Å². The Kier molecular flexibility index (Phi) is 5.85. The molecule has 4 rings (SSSR count). The van der Waals surface area contributed by atoms with Crippen LogP contribution in [0.2, 0.25) is 5.02 Å². The number of hydrogen-bond donors (Lipinski definition) is 4. The molecule has 3 aromatic rings. The number of H-pyrrole nitrogens is 1. The number of nitrogens with two attached hydrogens (primary N) is 1. The van der Waals surface area contributed by atoms with E-state index < -0.39 is 0 Å². The van der Waals surface area contributed by atoms with Crippen LogP contribution in [0.15, 0.2) is 59.7 Å². The van der Waals surface area contributed by atoms with Crippen LogP contribution in [0, 0.1) is 12.3 Å². The van der Waals surface area contributed by atoms with Crippen molar-refractivity contribution in [3.63, 3.8) is 0 Å². The number of benzene rings is 2. The lowest BCUT2D eigenvalue weighted by atomic mass is 9.97. The molecule has 1 atom stereocenters. The lowest BCUT2D eigenvalue weighted by Gasteiger charge is -2.20. The maximum atomic E-state index is 7.64. The molecule has 1 aromatic heterocycles. The topological polar surface area (TPSA) is 90.1 Å². The molecule has 1 aliphatic rings. The molecule has 0 bridgehead atoms. The summed E-state index contributed by atoms with van der Waals surface area (Å²) in [6.07, 6.45) is 1.87. The summed E-state index contributed by atoms with van der Waals surface area (Å²) in [5.41, 5.74) is 12.0. The Morgan fingerprint density at radius 2 is 1.86 bits per heavy atom. The molecule has 0 spiro atoms. The lowest BCUT2D eigenvalue weighted by molar-refractivity contribution is 0.942. The van der Waals surface area contributed by atoms with E-state index in [1.165, 1.54) is 0 Å². The number of halogens is 1. The Hall–Kier alpha value is -3.05. The number of aromatic nitrogens is 1. The van der Waals surface area contributed by atoms with Gasteiger partial charge < -0.3 is 16.0 Å². The summed E-state index contributed by atoms with van der Waals surface area (Å²) in [5, 5.41) is 11.9. The predicted octanol–water partition coefficient (Wildman–Crippen LogP) is 5.25. The van der Waals surface area contributed by atoms with E-state index in [0.717, 1.165) is 33.6 Å². The zero-order valence-corrected chi connectivity index (χ0v) is 16.9. The van der Waals surface area contributed by atoms with Gasteiger partial charge in [-0.25, -0.2) is 4.99 Å². The number of aryl methyl sites for hydroxylation is 1. The summed E-state index contributed by atoms with van der Waals surface area (Å²) in [5.74, 6) is -0.234. The molecule has 0 saturated carbocycles. The van der Waals surface area contributed by atoms with Crippen LogP contribution in [0.25, 0.3) is 0 Å². The molecule has 0 fully saturated rings. The number of fused-ring (bicyclic) bond motifs is 2. The molecule has 0 saturated heterocycles. The highest BCUT2D eigenvalue weighted by molar-refractivity contribution is 6.31. The van der Waals surface area contributed by atoms with Crippen LogP contribution < -0.4 is 11.1 Å². The maximum absolute atomic E-state index is 7.64. The average molecular weight is 394 g/mol. The largest absolute Gasteiger partial charge is 0.373 e. The standard InChI is InChI=1S/C20H18ClN5.C2H6/c1-11-6-7-12(15(21)10-11)17-14-8-9-24-18(14)19(26-20(22)23)13-4-2-3-5-16(13)25-17;1-2/h2-10,17,24-25H,1H3,(H3,22,23);1-2H3/b26-19-;. The summed E-state index contributed by atoms with van der Waals surface area (Å²) < 4.78 is 0. The molecular formula is C22H24ClN5. The van der Waals surface area contributed by atoms with Gasteiger partial charge in [0, 0.05) is 28.0 Å². The van der Waals surface area contributed by atoms with Gasteiger partial charge in [-0.15, -0.1) is 0 Å². The molecule has 6 heteroatoms. The van der Waals surface area contributed by atoms with Crippen LogP contribution in [0.1, 0.15) is 47.8 Å². The summed E-state index contributed by atoms with van der Waals surface area (Å²) in [7, 11) is 0. The van der Waals surface area contributed by atoms with Gasteiger partial charge in [-0.1, -0.05) is 55.8 Å². The number of aromatic amines is 1. The number of guanidine groups is 1. The second-order valence-corrected chi connectivity index (χ2v) is 6.71. The van der Waals surface area contributed by atoms with Crippen LogP contribution in [0.5, 0.6) is 0 Å². The van der Waals surface area contributed by atoms with Crippen LogP contribution in [0.4, 0.5) is 5.69 Å². The molecule has 5 nitrogen and oxygen atoms in total. The SMILES string of the molecule is CC.Cc1ccc(C2Nc3ccccc3/C(=N/C(=N)N)c3[nH]ccc32)c(Cl)c1. The smallest absolute Gasteiger partial charge is 0.213 e. The van der Waals surface area contributed by atoms with Crippen LogP contribution in [-0.4, -0.2) is 16.7 Å². The molecule has 28 heavy (non-hydrogen) atoms. The van der Waals surface area contributed by atoms with Crippen LogP contribution in [-0.2, 0) is 0 Å². The molecule has 0 amide bonds. The highest BCUT2D eigenvalue weighted by atomic mass is 35.5. The maximum Gasteiger partial charge on any atom is 0.213 e. The number of aliphatic imine (C=N–C) groups is 1. The first-order valence-corrected chi connectivity index (χ1v) is 9.64. The van der Waals surface area contributed by atoms with Crippen molar-refractivity contribution in [3.05, 3.63) is 87.7 Å². The van der Waals surface area contributed by atoms with Gasteiger partial charge in [0.2, 0.25) is 5.96 Å². The second-order valence-electron chi connectivity index (χ2n) is 6.30. The first-order chi connectivity index (χ1) is 13.5. The van der Waals surface area contributed by atoms with E-state index in [0.29, 0.717) is 10.7 Å². The van der Waals surface area contributed by atoms with E-state index in [1.807, 2.05) is 69.4 Å². The number of rotatable bonds is 1. The van der Waals surface area contributed by atoms with Gasteiger partial charge >= 0.3 is 0 Å². The van der Waals surface area contributed by atoms with Crippen molar-refractivity contribution in [2.45, 2.75) is 26.8 Å². The molecule has 1 unspecified atom stereocenters. The van der Waals surface area contributed by atoms with Crippen molar-refractivity contribution >= 4 is 29.0 Å². The van der Waals surface area contributed by atoms with Gasteiger partial charge in [0.15, 0.2) is 0 Å². The quantitative estimate of drug-likeness (QED) is 0.336. The fraction of sp³-hybridized carbons (Fsp3) is 0.182. The highest BCUT2D eigenvalue weighted by Gasteiger charge is 2.28. The molecule has 1 aliphatic heterocycles. The minimum atomic E-state index is -0.234. The highest BCUT2D eigenvalue weighted by Crippen LogP contribution is 2.38. The zero-order chi connectivity index (χ0) is 20.3. The van der Waals surface area contributed by atoms with Crippen molar-refractivity contribution in [1.29, 1.82) is 5.41 Å². The third-order valence-electron chi connectivity index (χ3n) is 4.51. The number of hydrogen-bond acceptors (Lipinski definition) is 2. The monoisotopic (exact) mass is 393 g/mol. The summed E-state index contributed by atoms with van der Waals surface area (Å²) in [6.45, 7) is 6.02. The fourth-order valence-corrected chi connectivity index (χ4v) is 3.70. The lowest BCUT2D eigenvalue weighted by Crippen LogP contribution is -2.14. The molecule has 144 valence electrons. The third kappa shape index (κ3) is 3.66. The van der Waals surface area contributed by atoms with E-state index in [-0.39, 0.29) is 12.0 Å². The third-order valence-corrected chi connectivity index (χ3v) is 4.84. The van der Waals surface area contributed by atoms with Gasteiger partial charge in [-0.2, -0.15) is 0 Å². The van der Waals surface area contributed by atoms with E-state index in [1.54, 1.807) is 0 Å². The van der Waals surface area contributed by atoms with Gasteiger partial charge in [-0.3, -0.25) is 5.41 Å². The average Bonchev–Trinajstić information content (AvgIpc) is 3.12. The summed E-state index contributed by atoms with van der Waals surface area (Å²) in [4.78, 5) is 7.55. The molecule has 5 N–H and O–H groups in total. The summed E-state index contributed by atoms with van der Waals surface area (Å²) in [6, 6.07) is 15.8. The molecule has 2 aromatic carbocycles. The normalized spacial score (nSPS) is 16.1. The minimum absolute atomic E-state index is 0.148. The Balaban J connectivity index is 0.00000109. The van der Waals surface area contributed by atoms with E-state index >= 15 is 0 Å². The Morgan fingerprint density at radius 3 is 2.57 bits per heavy atom. The summed E-state index contributed by atoms with van der Waals surface area (Å²) >= 11 is 6.56. The second kappa shape index (κ2) is 8.31. The van der Waals surface area contributed by atoms with Gasteiger partial charge in [-0.05, 0) is 36.2 Å². The van der Waals surface area contributed by atoms with E-state index in [9.17, 15) is 0 Å². The van der Waals surface area contributed by atoms with Crippen molar-refractivity contribution in [2.75, 3.05) is 5.32 Å². The van der Waals surface area contributed by atoms with Gasteiger partial charge in [0.25, 0.3) is 0 Å². The number of anilines is 1. The minimum Gasteiger partial charge on any atom is -0.373 e. The van der Waals surface area contributed by atoms with Gasteiger partial charge in [0.05, 0.1) is 11.7 Å². The van der Waals surface area contributed by atoms with Crippen molar-refractivity contribution in [3.8, 4) is 0 Å². The zero-order valence-electron chi connectivity index (χ0n) is 16.2. The molecule has 0 aliphatic carbocycles. The van der Waals surface area contributed by atoms with Crippen LogP contribution in [0.3, 0.4) is 0 Å². The van der Waals surface area contributed by atoms with Gasteiger partial charge in [0.1, 0.15) is 5.71 Å². The first kappa shape index (κ1) is 19.7. The molecule has 2 heterocycles. The number of para-hydroxylation sites is 1. The van der Waals surface area contributed by atoms with Crippen molar-refractivity contribution < 1.29 is 0 Å². The van der Waals surface area contributed by atoms with Crippen molar-refractivity contribution in [2.24, 2.45) is 10.7 Å². The number of nitrogens with zero attached hydrogens (tertiary/aromatic N) is 1. The molecule has 0 radical (unpaired) electrons. The van der Waals surface area contributed by atoms with Crippen molar-refractivity contribution in [1.82, 2.24) is 4.98 Å². The Morgan fingerprint density at radius 1 is 1.11 bits per heavy atom. The number of nitrogens with one attached hydrogen (secondary N) is 3. The fourth-order valence-electron chi connectivity index (χ4n) is 3.36. The molecular weight excluding hydrogens is 370 g/mol. The van der Waals surface area contributed by atoms with Crippen LogP contribution >= 0.6 is 11.6 Å². The Labute approximate surface area is 170 Å². The predicted molar refractivity (Wildman–Crippen MR) is 118 cm³/mol. The Bertz CT molecular complexity index is 1030. The first-order valence-electron chi connectivity index (χ1n) is 9.27.